The molecule has 3 nitrogen and oxygen atoms in total. The van der Waals surface area contributed by atoms with E-state index in [2.05, 4.69) is 12.2 Å². The molecule has 4 heteroatoms. The third kappa shape index (κ3) is 4.43. The van der Waals surface area contributed by atoms with Gasteiger partial charge in [0.1, 0.15) is 0 Å². The minimum Gasteiger partial charge on any atom is -0.396 e. The Bertz CT molecular complexity index is 204. The Hall–Kier alpha value is 0.230. The molecule has 0 aromatic heterocycles. The van der Waals surface area contributed by atoms with E-state index in [0.29, 0.717) is 6.04 Å². The van der Waals surface area contributed by atoms with Crippen LogP contribution in [-0.4, -0.2) is 47.5 Å². The van der Waals surface area contributed by atoms with Crippen molar-refractivity contribution in [1.29, 1.82) is 0 Å². The molecular weight excluding hydrogens is 234 g/mol. The van der Waals surface area contributed by atoms with E-state index in [1.54, 1.807) is 11.8 Å². The minimum atomic E-state index is 0.0882. The summed E-state index contributed by atoms with van der Waals surface area (Å²) in [6.45, 7) is 3.49. The predicted octanol–water partition coefficient (Wildman–Crippen LogP) is 1.63. The first-order chi connectivity index (χ1) is 8.17. The quantitative estimate of drug-likeness (QED) is 0.652. The highest BCUT2D eigenvalue weighted by Crippen LogP contribution is 2.35. The van der Waals surface area contributed by atoms with Gasteiger partial charge in [-0.05, 0) is 26.0 Å². The van der Waals surface area contributed by atoms with Crippen LogP contribution in [0.1, 0.15) is 39.0 Å². The number of aliphatic hydroxyl groups is 2. The monoisotopic (exact) mass is 261 g/mol. The first kappa shape index (κ1) is 15.3. The highest BCUT2D eigenvalue weighted by molar-refractivity contribution is 7.99. The summed E-state index contributed by atoms with van der Waals surface area (Å²) < 4.78 is 0. The predicted molar refractivity (Wildman–Crippen MR) is 74.5 cm³/mol. The van der Waals surface area contributed by atoms with E-state index in [0.717, 1.165) is 19.4 Å². The van der Waals surface area contributed by atoms with E-state index < -0.39 is 0 Å². The van der Waals surface area contributed by atoms with Crippen molar-refractivity contribution in [3.05, 3.63) is 0 Å². The molecule has 2 atom stereocenters. The van der Waals surface area contributed by atoms with Crippen molar-refractivity contribution in [2.45, 2.75) is 50.3 Å². The molecule has 1 aliphatic rings. The second kappa shape index (κ2) is 7.62. The summed E-state index contributed by atoms with van der Waals surface area (Å²) in [5.41, 5.74) is 0.0882. The van der Waals surface area contributed by atoms with Gasteiger partial charge in [0.25, 0.3) is 0 Å². The molecule has 0 spiro atoms. The van der Waals surface area contributed by atoms with E-state index >= 15 is 0 Å². The van der Waals surface area contributed by atoms with Crippen molar-refractivity contribution in [3.8, 4) is 0 Å². The molecule has 0 radical (unpaired) electrons. The van der Waals surface area contributed by atoms with Crippen LogP contribution in [0.25, 0.3) is 0 Å². The van der Waals surface area contributed by atoms with Crippen LogP contribution in [0.5, 0.6) is 0 Å². The van der Waals surface area contributed by atoms with Crippen molar-refractivity contribution in [2.75, 3.05) is 26.0 Å². The van der Waals surface area contributed by atoms with Crippen LogP contribution in [0.3, 0.4) is 0 Å². The highest BCUT2D eigenvalue weighted by atomic mass is 32.2. The maximum absolute atomic E-state index is 9.61. The lowest BCUT2D eigenvalue weighted by molar-refractivity contribution is 0.0781. The Balaban J connectivity index is 2.41. The van der Waals surface area contributed by atoms with E-state index in [9.17, 15) is 10.2 Å². The van der Waals surface area contributed by atoms with Crippen LogP contribution in [0.4, 0.5) is 0 Å². The Morgan fingerprint density at radius 2 is 1.88 bits per heavy atom. The van der Waals surface area contributed by atoms with Gasteiger partial charge in [-0.3, -0.25) is 0 Å². The highest BCUT2D eigenvalue weighted by Gasteiger charge is 2.32. The van der Waals surface area contributed by atoms with Crippen molar-refractivity contribution < 1.29 is 10.2 Å². The second-order valence-corrected chi connectivity index (χ2v) is 6.42. The third-order valence-corrected chi connectivity index (χ3v) is 5.25. The van der Waals surface area contributed by atoms with Gasteiger partial charge in [0.15, 0.2) is 0 Å². The molecule has 17 heavy (non-hydrogen) atoms. The van der Waals surface area contributed by atoms with Crippen LogP contribution in [0.15, 0.2) is 0 Å². The van der Waals surface area contributed by atoms with Crippen LogP contribution < -0.4 is 5.32 Å². The molecule has 102 valence electrons. The van der Waals surface area contributed by atoms with Crippen LogP contribution in [0.2, 0.25) is 0 Å². The van der Waals surface area contributed by atoms with Gasteiger partial charge in [-0.15, -0.1) is 0 Å². The molecule has 3 N–H and O–H groups in total. The van der Waals surface area contributed by atoms with Gasteiger partial charge in [0.05, 0.1) is 6.61 Å². The molecule has 0 aliphatic heterocycles. The zero-order valence-electron chi connectivity index (χ0n) is 11.1. The molecule has 1 rings (SSSR count). The van der Waals surface area contributed by atoms with E-state index in [-0.39, 0.29) is 23.9 Å². The standard InChI is InChI=1S/C13H27NO2S/c1-11(12(8-15)17-2)14-9-13(10-16)6-4-3-5-7-13/h11-12,14-16H,3-10H2,1-2H3. The van der Waals surface area contributed by atoms with Gasteiger partial charge in [0.2, 0.25) is 0 Å². The maximum Gasteiger partial charge on any atom is 0.0564 e. The molecule has 1 saturated carbocycles. The normalized spacial score (nSPS) is 23.3. The first-order valence-electron chi connectivity index (χ1n) is 6.65. The van der Waals surface area contributed by atoms with E-state index in [4.69, 9.17) is 0 Å². The molecule has 1 aliphatic carbocycles. The summed E-state index contributed by atoms with van der Waals surface area (Å²) in [5, 5.41) is 22.6. The summed E-state index contributed by atoms with van der Waals surface area (Å²) in [4.78, 5) is 0. The Morgan fingerprint density at radius 1 is 1.24 bits per heavy atom. The van der Waals surface area contributed by atoms with Crippen LogP contribution >= 0.6 is 11.8 Å². The number of nitrogens with one attached hydrogen (secondary N) is 1. The molecule has 0 aromatic rings. The topological polar surface area (TPSA) is 52.5 Å². The average molecular weight is 261 g/mol. The van der Waals surface area contributed by atoms with Gasteiger partial charge < -0.3 is 15.5 Å². The van der Waals surface area contributed by atoms with Gasteiger partial charge >= 0.3 is 0 Å². The fourth-order valence-electron chi connectivity index (χ4n) is 2.64. The fraction of sp³-hybridized carbons (Fsp3) is 1.00. The summed E-state index contributed by atoms with van der Waals surface area (Å²) in [6.07, 6.45) is 8.08. The molecule has 0 aromatic carbocycles. The maximum atomic E-state index is 9.61. The summed E-state index contributed by atoms with van der Waals surface area (Å²) in [5.74, 6) is 0. The molecule has 0 amide bonds. The minimum absolute atomic E-state index is 0.0882. The average Bonchev–Trinajstić information content (AvgIpc) is 2.39. The SMILES string of the molecule is CSC(CO)C(C)NCC1(CO)CCCCC1. The molecule has 0 heterocycles. The molecule has 0 saturated heterocycles. The molecular formula is C13H27NO2S. The summed E-state index contributed by atoms with van der Waals surface area (Å²) in [6, 6.07) is 0.292. The zero-order chi connectivity index (χ0) is 12.7. The van der Waals surface area contributed by atoms with Crippen molar-refractivity contribution >= 4 is 11.8 Å². The second-order valence-electron chi connectivity index (χ2n) is 5.35. The van der Waals surface area contributed by atoms with Gasteiger partial charge in [-0.25, -0.2) is 0 Å². The number of aliphatic hydroxyl groups excluding tert-OH is 2. The molecule has 2 unspecified atom stereocenters. The first-order valence-corrected chi connectivity index (χ1v) is 7.94. The fourth-order valence-corrected chi connectivity index (χ4v) is 3.29. The Morgan fingerprint density at radius 3 is 2.35 bits per heavy atom. The lowest BCUT2D eigenvalue weighted by atomic mass is 9.74. The largest absolute Gasteiger partial charge is 0.396 e. The van der Waals surface area contributed by atoms with Gasteiger partial charge in [-0.2, -0.15) is 11.8 Å². The van der Waals surface area contributed by atoms with E-state index in [1.165, 1.54) is 19.3 Å². The lowest BCUT2D eigenvalue weighted by Crippen LogP contribution is -2.46. The van der Waals surface area contributed by atoms with E-state index in [1.807, 2.05) is 6.26 Å². The number of thioether (sulfide) groups is 1. The Labute approximate surface area is 109 Å². The van der Waals surface area contributed by atoms with Crippen molar-refractivity contribution in [3.63, 3.8) is 0 Å². The number of hydrogen-bond acceptors (Lipinski definition) is 4. The lowest BCUT2D eigenvalue weighted by Gasteiger charge is -2.37. The smallest absolute Gasteiger partial charge is 0.0564 e. The summed E-state index contributed by atoms with van der Waals surface area (Å²) in [7, 11) is 0. The van der Waals surface area contributed by atoms with Crippen LogP contribution in [0, 0.1) is 5.41 Å². The summed E-state index contributed by atoms with van der Waals surface area (Å²) >= 11 is 1.70. The van der Waals surface area contributed by atoms with Crippen LogP contribution in [-0.2, 0) is 0 Å². The number of rotatable bonds is 7. The third-order valence-electron chi connectivity index (χ3n) is 4.09. The van der Waals surface area contributed by atoms with Gasteiger partial charge in [-0.1, -0.05) is 19.3 Å². The molecule has 1 fully saturated rings. The van der Waals surface area contributed by atoms with Crippen molar-refractivity contribution in [2.24, 2.45) is 5.41 Å². The number of hydrogen-bond donors (Lipinski definition) is 3. The zero-order valence-corrected chi connectivity index (χ0v) is 11.9. The Kier molecular flexibility index (Phi) is 6.85. The van der Waals surface area contributed by atoms with Crippen molar-refractivity contribution in [1.82, 2.24) is 5.32 Å². The van der Waals surface area contributed by atoms with Gasteiger partial charge in [0, 0.05) is 29.9 Å². The molecule has 0 bridgehead atoms.